The molecule has 1 aromatic heterocycles. The molecule has 0 unspecified atom stereocenters. The number of sulfonamides is 1. The first kappa shape index (κ1) is 12.2. The molecule has 0 aliphatic heterocycles. The molecule has 0 aromatic carbocycles. The van der Waals surface area contributed by atoms with Crippen LogP contribution in [-0.4, -0.2) is 31.7 Å². The summed E-state index contributed by atoms with van der Waals surface area (Å²) in [6.07, 6.45) is 2.59. The first-order chi connectivity index (χ1) is 6.87. The maximum Gasteiger partial charge on any atom is 0.243 e. The standard InChI is InChI=1S/C8H16N4O2S/c1-8(2,5-9)6-12-15(13,14)7-3-10-11-4-7/h3-4,12H,5-6,9H2,1-2H3,(H,10,11). The van der Waals surface area contributed by atoms with Crippen molar-refractivity contribution >= 4 is 10.0 Å². The van der Waals surface area contributed by atoms with Crippen LogP contribution >= 0.6 is 0 Å². The molecule has 0 saturated heterocycles. The molecule has 0 radical (unpaired) electrons. The molecule has 0 aliphatic rings. The van der Waals surface area contributed by atoms with Crippen LogP contribution in [0.3, 0.4) is 0 Å². The van der Waals surface area contributed by atoms with Crippen LogP contribution in [0.25, 0.3) is 0 Å². The van der Waals surface area contributed by atoms with Crippen LogP contribution in [0.15, 0.2) is 17.3 Å². The Morgan fingerprint density at radius 1 is 1.60 bits per heavy atom. The largest absolute Gasteiger partial charge is 0.330 e. The highest BCUT2D eigenvalue weighted by Crippen LogP contribution is 2.12. The molecular weight excluding hydrogens is 216 g/mol. The van der Waals surface area contributed by atoms with Crippen molar-refractivity contribution < 1.29 is 8.42 Å². The van der Waals surface area contributed by atoms with Gasteiger partial charge in [-0.05, 0) is 12.0 Å². The van der Waals surface area contributed by atoms with Crippen LogP contribution in [0.5, 0.6) is 0 Å². The van der Waals surface area contributed by atoms with Gasteiger partial charge in [-0.2, -0.15) is 5.10 Å². The number of hydrogen-bond acceptors (Lipinski definition) is 4. The number of aromatic amines is 1. The van der Waals surface area contributed by atoms with Crippen molar-refractivity contribution in [1.82, 2.24) is 14.9 Å². The van der Waals surface area contributed by atoms with Gasteiger partial charge >= 0.3 is 0 Å². The zero-order chi connectivity index (χ0) is 11.5. The topological polar surface area (TPSA) is 101 Å². The second-order valence-electron chi connectivity index (χ2n) is 4.13. The van der Waals surface area contributed by atoms with E-state index in [-0.39, 0.29) is 10.3 Å². The molecule has 0 spiro atoms. The van der Waals surface area contributed by atoms with Gasteiger partial charge in [0, 0.05) is 12.7 Å². The first-order valence-corrected chi connectivity index (χ1v) is 6.04. The third-order valence-corrected chi connectivity index (χ3v) is 3.45. The van der Waals surface area contributed by atoms with E-state index in [1.165, 1.54) is 12.4 Å². The van der Waals surface area contributed by atoms with Gasteiger partial charge in [0.25, 0.3) is 0 Å². The lowest BCUT2D eigenvalue weighted by atomic mass is 9.95. The van der Waals surface area contributed by atoms with Crippen LogP contribution in [0.2, 0.25) is 0 Å². The molecule has 1 aromatic rings. The zero-order valence-electron chi connectivity index (χ0n) is 8.82. The predicted molar refractivity (Wildman–Crippen MR) is 56.6 cm³/mol. The summed E-state index contributed by atoms with van der Waals surface area (Å²) < 4.78 is 25.8. The third kappa shape index (κ3) is 3.29. The summed E-state index contributed by atoms with van der Waals surface area (Å²) in [4.78, 5) is 0.135. The van der Waals surface area contributed by atoms with Crippen molar-refractivity contribution in [1.29, 1.82) is 0 Å². The van der Waals surface area contributed by atoms with Gasteiger partial charge in [0.15, 0.2) is 0 Å². The Morgan fingerprint density at radius 3 is 2.73 bits per heavy atom. The third-order valence-electron chi connectivity index (χ3n) is 2.08. The first-order valence-electron chi connectivity index (χ1n) is 4.56. The van der Waals surface area contributed by atoms with Crippen LogP contribution in [0.4, 0.5) is 0 Å². The predicted octanol–water partition coefficient (Wildman–Crippen LogP) is -0.327. The highest BCUT2D eigenvalue weighted by Gasteiger charge is 2.21. The number of nitrogens with one attached hydrogen (secondary N) is 2. The van der Waals surface area contributed by atoms with Gasteiger partial charge in [-0.25, -0.2) is 13.1 Å². The van der Waals surface area contributed by atoms with Crippen molar-refractivity contribution in [2.75, 3.05) is 13.1 Å². The number of nitrogens with two attached hydrogens (primary N) is 1. The Morgan fingerprint density at radius 2 is 2.27 bits per heavy atom. The van der Waals surface area contributed by atoms with E-state index in [0.717, 1.165) is 0 Å². The number of nitrogens with zero attached hydrogens (tertiary/aromatic N) is 1. The Labute approximate surface area is 89.3 Å². The summed E-state index contributed by atoms with van der Waals surface area (Å²) in [6, 6.07) is 0. The number of aromatic nitrogens is 2. The monoisotopic (exact) mass is 232 g/mol. The van der Waals surface area contributed by atoms with E-state index in [4.69, 9.17) is 5.73 Å². The molecule has 4 N–H and O–H groups in total. The Balaban J connectivity index is 2.67. The SMILES string of the molecule is CC(C)(CN)CNS(=O)(=O)c1cn[nH]c1. The van der Waals surface area contributed by atoms with Crippen LogP contribution in [0, 0.1) is 5.41 Å². The highest BCUT2D eigenvalue weighted by atomic mass is 32.2. The van der Waals surface area contributed by atoms with Crippen molar-refractivity contribution in [2.45, 2.75) is 18.7 Å². The van der Waals surface area contributed by atoms with Gasteiger partial charge in [0.1, 0.15) is 4.90 Å². The molecular formula is C8H16N4O2S. The normalized spacial score (nSPS) is 13.0. The quantitative estimate of drug-likeness (QED) is 0.647. The fourth-order valence-corrected chi connectivity index (χ4v) is 1.98. The van der Waals surface area contributed by atoms with Crippen molar-refractivity contribution in [3.63, 3.8) is 0 Å². The molecule has 7 heteroatoms. The van der Waals surface area contributed by atoms with E-state index >= 15 is 0 Å². The van der Waals surface area contributed by atoms with Crippen molar-refractivity contribution in [3.8, 4) is 0 Å². The van der Waals surface area contributed by atoms with Gasteiger partial charge in [-0.3, -0.25) is 5.10 Å². The molecule has 15 heavy (non-hydrogen) atoms. The lowest BCUT2D eigenvalue weighted by molar-refractivity contribution is 0.376. The summed E-state index contributed by atoms with van der Waals surface area (Å²) in [5, 5.41) is 6.04. The Hall–Kier alpha value is -0.920. The maximum absolute atomic E-state index is 11.6. The zero-order valence-corrected chi connectivity index (χ0v) is 9.63. The molecule has 0 aliphatic carbocycles. The van der Waals surface area contributed by atoms with Crippen molar-refractivity contribution in [3.05, 3.63) is 12.4 Å². The fraction of sp³-hybridized carbons (Fsp3) is 0.625. The Kier molecular flexibility index (Phi) is 3.48. The van der Waals surface area contributed by atoms with Crippen LogP contribution < -0.4 is 10.5 Å². The number of rotatable bonds is 5. The molecule has 0 atom stereocenters. The van der Waals surface area contributed by atoms with E-state index < -0.39 is 10.0 Å². The minimum absolute atomic E-state index is 0.135. The number of H-pyrrole nitrogens is 1. The lowest BCUT2D eigenvalue weighted by Gasteiger charge is -2.22. The van der Waals surface area contributed by atoms with Crippen molar-refractivity contribution in [2.24, 2.45) is 11.1 Å². The van der Waals surface area contributed by atoms with Crippen LogP contribution in [-0.2, 0) is 10.0 Å². The molecule has 0 fully saturated rings. The molecule has 1 rings (SSSR count). The summed E-state index contributed by atoms with van der Waals surface area (Å²) in [7, 11) is -3.46. The minimum Gasteiger partial charge on any atom is -0.330 e. The van der Waals surface area contributed by atoms with E-state index in [2.05, 4.69) is 14.9 Å². The second-order valence-corrected chi connectivity index (χ2v) is 5.89. The molecule has 0 saturated carbocycles. The second kappa shape index (κ2) is 4.30. The molecule has 86 valence electrons. The van der Waals surface area contributed by atoms with Gasteiger partial charge in [-0.15, -0.1) is 0 Å². The Bertz CT molecular complexity index is 396. The maximum atomic E-state index is 11.6. The lowest BCUT2D eigenvalue weighted by Crippen LogP contribution is -2.38. The minimum atomic E-state index is -3.46. The van der Waals surface area contributed by atoms with Gasteiger partial charge in [0.05, 0.1) is 6.20 Å². The summed E-state index contributed by atoms with van der Waals surface area (Å²) in [6.45, 7) is 4.51. The molecule has 6 nitrogen and oxygen atoms in total. The van der Waals surface area contributed by atoms with Gasteiger partial charge in [-0.1, -0.05) is 13.8 Å². The summed E-state index contributed by atoms with van der Waals surface area (Å²) in [5.74, 6) is 0. The van der Waals surface area contributed by atoms with E-state index in [0.29, 0.717) is 13.1 Å². The average Bonchev–Trinajstić information content (AvgIpc) is 2.69. The molecule has 0 bridgehead atoms. The number of hydrogen-bond donors (Lipinski definition) is 3. The molecule has 0 amide bonds. The van der Waals surface area contributed by atoms with E-state index in [1.54, 1.807) is 0 Å². The van der Waals surface area contributed by atoms with Crippen LogP contribution in [0.1, 0.15) is 13.8 Å². The highest BCUT2D eigenvalue weighted by molar-refractivity contribution is 7.89. The summed E-state index contributed by atoms with van der Waals surface area (Å²) in [5.41, 5.74) is 5.25. The molecule has 1 heterocycles. The van der Waals surface area contributed by atoms with Gasteiger partial charge in [0.2, 0.25) is 10.0 Å². The fourth-order valence-electron chi connectivity index (χ4n) is 0.832. The van der Waals surface area contributed by atoms with E-state index in [1.807, 2.05) is 13.8 Å². The average molecular weight is 232 g/mol. The summed E-state index contributed by atoms with van der Waals surface area (Å²) >= 11 is 0. The van der Waals surface area contributed by atoms with Gasteiger partial charge < -0.3 is 5.73 Å². The smallest absolute Gasteiger partial charge is 0.243 e. The van der Waals surface area contributed by atoms with E-state index in [9.17, 15) is 8.42 Å².